The fraction of sp³-hybridized carbons (Fsp3) is 0.688. The number of amides is 2. The van der Waals surface area contributed by atoms with E-state index >= 15 is 0 Å². The van der Waals surface area contributed by atoms with E-state index in [4.69, 9.17) is 0 Å². The third kappa shape index (κ3) is 3.66. The molecule has 6 heteroatoms. The molecule has 1 aliphatic heterocycles. The van der Waals surface area contributed by atoms with Gasteiger partial charge in [0.05, 0.1) is 0 Å². The Hall–Kier alpha value is -1.43. The smallest absolute Gasteiger partial charge is 0.226 e. The van der Waals surface area contributed by atoms with Gasteiger partial charge in [0, 0.05) is 37.0 Å². The van der Waals surface area contributed by atoms with Crippen molar-refractivity contribution in [2.45, 2.75) is 39.0 Å². The third-order valence-corrected chi connectivity index (χ3v) is 5.47. The number of aromatic nitrogens is 1. The van der Waals surface area contributed by atoms with Crippen LogP contribution >= 0.6 is 11.3 Å². The molecule has 2 amide bonds. The van der Waals surface area contributed by atoms with Gasteiger partial charge in [0.1, 0.15) is 0 Å². The summed E-state index contributed by atoms with van der Waals surface area (Å²) >= 11 is 1.44. The molecule has 2 atom stereocenters. The van der Waals surface area contributed by atoms with Crippen molar-refractivity contribution in [3.05, 3.63) is 11.6 Å². The highest BCUT2D eigenvalue weighted by Gasteiger charge is 2.37. The second-order valence-electron chi connectivity index (χ2n) is 6.37. The zero-order chi connectivity index (χ0) is 15.5. The first kappa shape index (κ1) is 15.5. The maximum absolute atomic E-state index is 12.2. The van der Waals surface area contributed by atoms with E-state index in [1.807, 2.05) is 10.3 Å². The molecule has 22 heavy (non-hydrogen) atoms. The molecule has 1 saturated heterocycles. The first-order valence-electron chi connectivity index (χ1n) is 8.15. The first-order valence-corrected chi connectivity index (χ1v) is 9.03. The molecule has 1 saturated carbocycles. The van der Waals surface area contributed by atoms with Crippen molar-refractivity contribution in [2.75, 3.05) is 18.4 Å². The Morgan fingerprint density at radius 3 is 2.82 bits per heavy atom. The van der Waals surface area contributed by atoms with Crippen LogP contribution in [0.25, 0.3) is 0 Å². The molecule has 2 fully saturated rings. The van der Waals surface area contributed by atoms with Gasteiger partial charge in [-0.1, -0.05) is 13.3 Å². The highest BCUT2D eigenvalue weighted by Crippen LogP contribution is 2.35. The molecule has 2 heterocycles. The molecule has 1 aliphatic carbocycles. The van der Waals surface area contributed by atoms with Gasteiger partial charge in [0.15, 0.2) is 5.13 Å². The van der Waals surface area contributed by atoms with Gasteiger partial charge >= 0.3 is 0 Å². The number of nitrogens with one attached hydrogen (secondary N) is 1. The second kappa shape index (κ2) is 6.77. The van der Waals surface area contributed by atoms with E-state index in [0.717, 1.165) is 38.8 Å². The number of hydrogen-bond acceptors (Lipinski definition) is 4. The molecule has 1 aromatic rings. The summed E-state index contributed by atoms with van der Waals surface area (Å²) in [4.78, 5) is 30.5. The van der Waals surface area contributed by atoms with Crippen LogP contribution in [0.15, 0.2) is 11.6 Å². The van der Waals surface area contributed by atoms with E-state index in [1.54, 1.807) is 6.20 Å². The predicted octanol–water partition coefficient (Wildman–Crippen LogP) is 2.76. The Morgan fingerprint density at radius 1 is 1.36 bits per heavy atom. The summed E-state index contributed by atoms with van der Waals surface area (Å²) in [7, 11) is 0. The molecule has 1 aromatic heterocycles. The number of piperidine rings is 1. The largest absolute Gasteiger partial charge is 0.342 e. The van der Waals surface area contributed by atoms with Crippen LogP contribution in [-0.4, -0.2) is 34.8 Å². The molecule has 2 aliphatic rings. The molecule has 0 spiro atoms. The minimum Gasteiger partial charge on any atom is -0.342 e. The SMILES string of the molecule is CCC1CN(C(=O)C2CC2)CCC1CC(=O)Nc1nccs1. The van der Waals surface area contributed by atoms with Gasteiger partial charge in [0.2, 0.25) is 11.8 Å². The van der Waals surface area contributed by atoms with E-state index < -0.39 is 0 Å². The number of hydrogen-bond donors (Lipinski definition) is 1. The number of thiazole rings is 1. The number of nitrogens with zero attached hydrogens (tertiary/aromatic N) is 2. The third-order valence-electron chi connectivity index (χ3n) is 4.78. The quantitative estimate of drug-likeness (QED) is 0.907. The van der Waals surface area contributed by atoms with Crippen molar-refractivity contribution in [3.8, 4) is 0 Å². The fourth-order valence-electron chi connectivity index (χ4n) is 3.29. The van der Waals surface area contributed by atoms with E-state index in [2.05, 4.69) is 17.2 Å². The zero-order valence-electron chi connectivity index (χ0n) is 13.0. The lowest BCUT2D eigenvalue weighted by Crippen LogP contribution is -2.45. The van der Waals surface area contributed by atoms with Gasteiger partial charge in [-0.3, -0.25) is 9.59 Å². The molecule has 1 N–H and O–H groups in total. The van der Waals surface area contributed by atoms with Crippen LogP contribution in [0.3, 0.4) is 0 Å². The minimum absolute atomic E-state index is 0.0420. The van der Waals surface area contributed by atoms with Crippen LogP contribution in [0.4, 0.5) is 5.13 Å². The Kier molecular flexibility index (Phi) is 4.76. The number of carbonyl (C=O) groups is 2. The van der Waals surface area contributed by atoms with Crippen molar-refractivity contribution in [1.29, 1.82) is 0 Å². The Bertz CT molecular complexity index is 528. The summed E-state index contributed by atoms with van der Waals surface area (Å²) in [5, 5.41) is 5.38. The van der Waals surface area contributed by atoms with Crippen molar-refractivity contribution in [2.24, 2.45) is 17.8 Å². The van der Waals surface area contributed by atoms with Gasteiger partial charge in [-0.15, -0.1) is 11.3 Å². The van der Waals surface area contributed by atoms with Crippen LogP contribution in [0, 0.1) is 17.8 Å². The topological polar surface area (TPSA) is 62.3 Å². The molecular weight excluding hydrogens is 298 g/mol. The lowest BCUT2D eigenvalue weighted by molar-refractivity contribution is -0.135. The number of anilines is 1. The summed E-state index contributed by atoms with van der Waals surface area (Å²) < 4.78 is 0. The highest BCUT2D eigenvalue weighted by atomic mass is 32.1. The van der Waals surface area contributed by atoms with Gasteiger partial charge in [-0.05, 0) is 31.1 Å². The van der Waals surface area contributed by atoms with Crippen molar-refractivity contribution >= 4 is 28.3 Å². The van der Waals surface area contributed by atoms with Gasteiger partial charge in [-0.25, -0.2) is 4.98 Å². The fourth-order valence-corrected chi connectivity index (χ4v) is 3.84. The summed E-state index contributed by atoms with van der Waals surface area (Å²) in [6, 6.07) is 0. The average molecular weight is 321 g/mol. The van der Waals surface area contributed by atoms with Crippen LogP contribution in [0.1, 0.15) is 39.0 Å². The van der Waals surface area contributed by atoms with E-state index in [9.17, 15) is 9.59 Å². The molecular formula is C16H23N3O2S. The molecule has 2 unspecified atom stereocenters. The molecule has 120 valence electrons. The van der Waals surface area contributed by atoms with Crippen LogP contribution in [-0.2, 0) is 9.59 Å². The summed E-state index contributed by atoms with van der Waals surface area (Å²) in [5.74, 6) is 1.47. The molecule has 0 aromatic carbocycles. The first-order chi connectivity index (χ1) is 10.7. The van der Waals surface area contributed by atoms with Crippen LogP contribution in [0.5, 0.6) is 0 Å². The van der Waals surface area contributed by atoms with Crippen LogP contribution in [0.2, 0.25) is 0 Å². The van der Waals surface area contributed by atoms with Gasteiger partial charge in [-0.2, -0.15) is 0 Å². The lowest BCUT2D eigenvalue weighted by Gasteiger charge is -2.38. The van der Waals surface area contributed by atoms with Gasteiger partial charge in [0.25, 0.3) is 0 Å². The standard InChI is InChI=1S/C16H23N3O2S/c1-2-11-10-19(15(21)12-3-4-12)7-5-13(11)9-14(20)18-16-17-6-8-22-16/h6,8,11-13H,2-5,7,9-10H2,1H3,(H,17,18,20). The maximum atomic E-state index is 12.2. The van der Waals surface area contributed by atoms with Crippen molar-refractivity contribution in [3.63, 3.8) is 0 Å². The van der Waals surface area contributed by atoms with Crippen molar-refractivity contribution < 1.29 is 9.59 Å². The second-order valence-corrected chi connectivity index (χ2v) is 7.26. The minimum atomic E-state index is 0.0420. The molecule has 0 radical (unpaired) electrons. The Labute approximate surface area is 135 Å². The van der Waals surface area contributed by atoms with E-state index in [-0.39, 0.29) is 5.91 Å². The number of likely N-dealkylation sites (tertiary alicyclic amines) is 1. The zero-order valence-corrected chi connectivity index (χ0v) is 13.8. The number of carbonyl (C=O) groups excluding carboxylic acids is 2. The van der Waals surface area contributed by atoms with Gasteiger partial charge < -0.3 is 10.2 Å². The number of rotatable bonds is 5. The maximum Gasteiger partial charge on any atom is 0.226 e. The van der Waals surface area contributed by atoms with Crippen molar-refractivity contribution in [1.82, 2.24) is 9.88 Å². The summed E-state index contributed by atoms with van der Waals surface area (Å²) in [6.07, 6.45) is 6.30. The Morgan fingerprint density at radius 2 is 2.18 bits per heavy atom. The summed E-state index contributed by atoms with van der Waals surface area (Å²) in [6.45, 7) is 3.78. The predicted molar refractivity (Wildman–Crippen MR) is 86.6 cm³/mol. The molecule has 3 rings (SSSR count). The monoisotopic (exact) mass is 321 g/mol. The lowest BCUT2D eigenvalue weighted by atomic mass is 9.81. The Balaban J connectivity index is 1.52. The van der Waals surface area contributed by atoms with E-state index in [1.165, 1.54) is 11.3 Å². The molecule has 0 bridgehead atoms. The molecule has 5 nitrogen and oxygen atoms in total. The van der Waals surface area contributed by atoms with Crippen LogP contribution < -0.4 is 5.32 Å². The van der Waals surface area contributed by atoms with E-state index in [0.29, 0.717) is 35.2 Å². The summed E-state index contributed by atoms with van der Waals surface area (Å²) in [5.41, 5.74) is 0. The highest BCUT2D eigenvalue weighted by molar-refractivity contribution is 7.13. The average Bonchev–Trinajstić information content (AvgIpc) is 3.25. The normalized spacial score (nSPS) is 25.0.